The van der Waals surface area contributed by atoms with Gasteiger partial charge in [0.05, 0.1) is 31.3 Å². The van der Waals surface area contributed by atoms with Crippen molar-refractivity contribution in [2.24, 2.45) is 0 Å². The molecule has 1 aliphatic heterocycles. The number of phenols is 2. The van der Waals surface area contributed by atoms with E-state index in [1.807, 2.05) is 19.9 Å². The fraction of sp³-hybridized carbons (Fsp3) is 0.318. The molecule has 3 rings (SSSR count). The fourth-order valence-electron chi connectivity index (χ4n) is 3.42. The van der Waals surface area contributed by atoms with Crippen LogP contribution in [0.2, 0.25) is 0 Å². The summed E-state index contributed by atoms with van der Waals surface area (Å²) in [6.45, 7) is 4.02. The van der Waals surface area contributed by atoms with Crippen LogP contribution in [0.1, 0.15) is 41.3 Å². The molecule has 0 fully saturated rings. The Kier molecular flexibility index (Phi) is 5.49. The minimum absolute atomic E-state index is 0.0267. The zero-order chi connectivity index (χ0) is 20.4. The summed E-state index contributed by atoms with van der Waals surface area (Å²) < 4.78 is 16.8. The molecule has 0 saturated heterocycles. The average Bonchev–Trinajstić information content (AvgIpc) is 2.66. The van der Waals surface area contributed by atoms with Crippen molar-refractivity contribution < 1.29 is 29.2 Å². The molecule has 2 aromatic carbocycles. The Balaban J connectivity index is 2.13. The van der Waals surface area contributed by atoms with E-state index in [0.717, 1.165) is 11.1 Å². The van der Waals surface area contributed by atoms with Crippen LogP contribution >= 0.6 is 0 Å². The van der Waals surface area contributed by atoms with E-state index in [2.05, 4.69) is 0 Å². The van der Waals surface area contributed by atoms with Crippen LogP contribution < -0.4 is 14.2 Å². The van der Waals surface area contributed by atoms with Gasteiger partial charge in [0.1, 0.15) is 35.4 Å². The second-order valence-corrected chi connectivity index (χ2v) is 6.92. The quantitative estimate of drug-likeness (QED) is 0.759. The maximum Gasteiger partial charge on any atom is 0.177 e. The first-order valence-electron chi connectivity index (χ1n) is 8.97. The summed E-state index contributed by atoms with van der Waals surface area (Å²) in [7, 11) is 3.03. The van der Waals surface area contributed by atoms with Gasteiger partial charge in [0.25, 0.3) is 0 Å². The fourth-order valence-corrected chi connectivity index (χ4v) is 3.42. The van der Waals surface area contributed by atoms with Gasteiger partial charge in [-0.3, -0.25) is 4.79 Å². The van der Waals surface area contributed by atoms with E-state index in [1.54, 1.807) is 0 Å². The molecular weight excluding hydrogens is 360 g/mol. The Morgan fingerprint density at radius 2 is 1.96 bits per heavy atom. The van der Waals surface area contributed by atoms with Crippen molar-refractivity contribution >= 4 is 5.78 Å². The third-order valence-corrected chi connectivity index (χ3v) is 4.80. The lowest BCUT2D eigenvalue weighted by atomic mass is 9.86. The van der Waals surface area contributed by atoms with Gasteiger partial charge in [0.15, 0.2) is 5.78 Å². The van der Waals surface area contributed by atoms with Gasteiger partial charge in [-0.15, -0.1) is 0 Å². The molecule has 0 amide bonds. The number of carbonyl (C=O) groups is 1. The van der Waals surface area contributed by atoms with Gasteiger partial charge < -0.3 is 24.4 Å². The molecule has 1 aliphatic rings. The minimum atomic E-state index is -0.733. The van der Waals surface area contributed by atoms with Crippen LogP contribution in [0.15, 0.2) is 35.9 Å². The summed E-state index contributed by atoms with van der Waals surface area (Å²) in [5.41, 5.74) is 2.62. The van der Waals surface area contributed by atoms with Gasteiger partial charge in [0, 0.05) is 17.7 Å². The number of fused-ring (bicyclic) bond motifs is 1. The number of hydrogen-bond donors (Lipinski definition) is 2. The largest absolute Gasteiger partial charge is 0.508 e. The van der Waals surface area contributed by atoms with Crippen LogP contribution in [-0.2, 0) is 6.42 Å². The SMILES string of the molecule is COc1cc(O)c([C@@H]2COc3cc(O)ccc3C2=O)c(OC)c1CC=C(C)C. The standard InChI is InChI=1S/C22H24O6/c1-12(2)5-7-15-18(26-3)10-17(24)20(22(15)27-4)16-11-28-19-9-13(23)6-8-14(19)21(16)25/h5-6,8-10,16,23-24H,7,11H2,1-4H3/t16-/m0/s1. The highest BCUT2D eigenvalue weighted by Gasteiger charge is 2.36. The molecule has 0 saturated carbocycles. The molecule has 0 bridgehead atoms. The number of Topliss-reactive ketones (excluding diaryl/α,β-unsaturated/α-hetero) is 1. The number of ether oxygens (including phenoxy) is 3. The van der Waals surface area contributed by atoms with Gasteiger partial charge in [-0.25, -0.2) is 0 Å². The lowest BCUT2D eigenvalue weighted by Crippen LogP contribution is -2.26. The van der Waals surface area contributed by atoms with Gasteiger partial charge in [0.2, 0.25) is 0 Å². The Morgan fingerprint density at radius 1 is 1.21 bits per heavy atom. The highest BCUT2D eigenvalue weighted by Crippen LogP contribution is 2.46. The predicted octanol–water partition coefficient (Wildman–Crippen LogP) is 3.98. The third kappa shape index (κ3) is 3.50. The molecule has 1 heterocycles. The summed E-state index contributed by atoms with van der Waals surface area (Å²) >= 11 is 0. The lowest BCUT2D eigenvalue weighted by Gasteiger charge is -2.27. The molecule has 2 aromatic rings. The van der Waals surface area contributed by atoms with E-state index < -0.39 is 5.92 Å². The number of aromatic hydroxyl groups is 2. The maximum atomic E-state index is 13.1. The van der Waals surface area contributed by atoms with Crippen molar-refractivity contribution in [1.82, 2.24) is 0 Å². The van der Waals surface area contributed by atoms with Gasteiger partial charge in [-0.05, 0) is 32.4 Å². The first kappa shape index (κ1) is 19.6. The lowest BCUT2D eigenvalue weighted by molar-refractivity contribution is 0.0891. The summed E-state index contributed by atoms with van der Waals surface area (Å²) in [5.74, 6) is 0.246. The number of allylic oxidation sites excluding steroid dienone is 2. The number of hydrogen-bond acceptors (Lipinski definition) is 6. The maximum absolute atomic E-state index is 13.1. The summed E-state index contributed by atoms with van der Waals surface area (Å²) in [6.07, 6.45) is 2.56. The van der Waals surface area contributed by atoms with E-state index in [9.17, 15) is 15.0 Å². The second-order valence-electron chi connectivity index (χ2n) is 6.92. The van der Waals surface area contributed by atoms with Gasteiger partial charge in [-0.2, -0.15) is 0 Å². The van der Waals surface area contributed by atoms with Crippen LogP contribution in [-0.4, -0.2) is 36.8 Å². The Hall–Kier alpha value is -3.15. The van der Waals surface area contributed by atoms with E-state index in [0.29, 0.717) is 34.8 Å². The second kappa shape index (κ2) is 7.84. The molecule has 2 N–H and O–H groups in total. The van der Waals surface area contributed by atoms with Crippen LogP contribution in [0.25, 0.3) is 0 Å². The molecule has 0 aliphatic carbocycles. The topological polar surface area (TPSA) is 85.2 Å². The van der Waals surface area contributed by atoms with Crippen molar-refractivity contribution in [1.29, 1.82) is 0 Å². The minimum Gasteiger partial charge on any atom is -0.508 e. The van der Waals surface area contributed by atoms with E-state index >= 15 is 0 Å². The Labute approximate surface area is 164 Å². The molecule has 1 atom stereocenters. The summed E-state index contributed by atoms with van der Waals surface area (Å²) in [6, 6.07) is 5.88. The third-order valence-electron chi connectivity index (χ3n) is 4.80. The Morgan fingerprint density at radius 3 is 2.61 bits per heavy atom. The van der Waals surface area contributed by atoms with Crippen LogP contribution in [0.3, 0.4) is 0 Å². The van der Waals surface area contributed by atoms with Crippen molar-refractivity contribution in [2.45, 2.75) is 26.2 Å². The van der Waals surface area contributed by atoms with Crippen molar-refractivity contribution in [3.8, 4) is 28.7 Å². The molecule has 148 valence electrons. The highest BCUT2D eigenvalue weighted by molar-refractivity contribution is 6.05. The molecule has 6 heteroatoms. The normalized spacial score (nSPS) is 15.4. The molecule has 0 spiro atoms. The first-order valence-corrected chi connectivity index (χ1v) is 8.97. The molecule has 28 heavy (non-hydrogen) atoms. The monoisotopic (exact) mass is 384 g/mol. The van der Waals surface area contributed by atoms with Gasteiger partial charge in [-0.1, -0.05) is 11.6 Å². The van der Waals surface area contributed by atoms with Crippen molar-refractivity contribution in [2.75, 3.05) is 20.8 Å². The van der Waals surface area contributed by atoms with Gasteiger partial charge >= 0.3 is 0 Å². The van der Waals surface area contributed by atoms with E-state index in [4.69, 9.17) is 14.2 Å². The molecule has 0 aromatic heterocycles. The average molecular weight is 384 g/mol. The van der Waals surface area contributed by atoms with Crippen molar-refractivity contribution in [3.05, 3.63) is 52.6 Å². The molecule has 0 radical (unpaired) electrons. The number of ketones is 1. The van der Waals surface area contributed by atoms with Crippen LogP contribution in [0, 0.1) is 0 Å². The number of carbonyl (C=O) groups excluding carboxylic acids is 1. The zero-order valence-corrected chi connectivity index (χ0v) is 16.4. The first-order chi connectivity index (χ1) is 13.4. The van der Waals surface area contributed by atoms with Crippen molar-refractivity contribution in [3.63, 3.8) is 0 Å². The van der Waals surface area contributed by atoms with Crippen LogP contribution in [0.4, 0.5) is 0 Å². The number of rotatable bonds is 5. The van der Waals surface area contributed by atoms with Crippen LogP contribution in [0.5, 0.6) is 28.7 Å². The molecular formula is C22H24O6. The van der Waals surface area contributed by atoms with E-state index in [-0.39, 0.29) is 23.9 Å². The highest BCUT2D eigenvalue weighted by atomic mass is 16.5. The predicted molar refractivity (Wildman–Crippen MR) is 105 cm³/mol. The smallest absolute Gasteiger partial charge is 0.177 e. The molecule has 0 unspecified atom stereocenters. The Bertz CT molecular complexity index is 941. The number of phenolic OH excluding ortho intramolecular Hbond substituents is 2. The molecule has 6 nitrogen and oxygen atoms in total. The summed E-state index contributed by atoms with van der Waals surface area (Å²) in [5, 5.41) is 20.3. The number of benzene rings is 2. The summed E-state index contributed by atoms with van der Waals surface area (Å²) in [4.78, 5) is 13.1. The number of methoxy groups -OCH3 is 2. The van der Waals surface area contributed by atoms with E-state index in [1.165, 1.54) is 38.5 Å². The zero-order valence-electron chi connectivity index (χ0n) is 16.4.